The average molecular weight is 269 g/mol. The van der Waals surface area contributed by atoms with Crippen LogP contribution in [0.5, 0.6) is 5.75 Å². The van der Waals surface area contributed by atoms with Gasteiger partial charge in [0.05, 0.1) is 13.7 Å². The summed E-state index contributed by atoms with van der Waals surface area (Å²) in [6.07, 6.45) is 1.06. The lowest BCUT2D eigenvalue weighted by molar-refractivity contribution is 0.192. The number of nitrogens with one attached hydrogen (secondary N) is 1. The molecule has 0 saturated heterocycles. The first-order valence-corrected chi connectivity index (χ1v) is 7.25. The van der Waals surface area contributed by atoms with Gasteiger partial charge < -0.3 is 15.2 Å². The van der Waals surface area contributed by atoms with Crippen molar-refractivity contribution in [2.24, 2.45) is 0 Å². The maximum atomic E-state index is 9.51. The zero-order valence-electron chi connectivity index (χ0n) is 11.4. The van der Waals surface area contributed by atoms with Crippen LogP contribution in [-0.2, 0) is 0 Å². The van der Waals surface area contributed by atoms with Gasteiger partial charge in [-0.3, -0.25) is 0 Å². The van der Waals surface area contributed by atoms with Crippen molar-refractivity contribution in [3.8, 4) is 5.75 Å². The molecule has 2 N–H and O–H groups in total. The Hall–Kier alpha value is -0.710. The first kappa shape index (κ1) is 15.3. The van der Waals surface area contributed by atoms with Crippen LogP contribution in [0.25, 0.3) is 0 Å². The fraction of sp³-hybridized carbons (Fsp3) is 0.571. The van der Waals surface area contributed by atoms with Gasteiger partial charge in [0.1, 0.15) is 5.75 Å². The SMILES string of the molecule is CCCNC(C)(CO)CSc1ccccc1OC. The average Bonchev–Trinajstić information content (AvgIpc) is 2.43. The van der Waals surface area contributed by atoms with Crippen LogP contribution >= 0.6 is 11.8 Å². The summed E-state index contributed by atoms with van der Waals surface area (Å²) >= 11 is 1.71. The number of methoxy groups -OCH3 is 1. The van der Waals surface area contributed by atoms with Gasteiger partial charge in [0.2, 0.25) is 0 Å². The summed E-state index contributed by atoms with van der Waals surface area (Å²) in [6, 6.07) is 7.96. The highest BCUT2D eigenvalue weighted by molar-refractivity contribution is 7.99. The van der Waals surface area contributed by atoms with Crippen LogP contribution in [0.2, 0.25) is 0 Å². The Labute approximate surface area is 114 Å². The monoisotopic (exact) mass is 269 g/mol. The molecule has 0 fully saturated rings. The molecule has 4 heteroatoms. The van der Waals surface area contributed by atoms with Crippen molar-refractivity contribution < 1.29 is 9.84 Å². The Morgan fingerprint density at radius 1 is 1.39 bits per heavy atom. The molecule has 0 aliphatic rings. The Balaban J connectivity index is 2.61. The van der Waals surface area contributed by atoms with Crippen molar-refractivity contribution in [1.82, 2.24) is 5.32 Å². The molecule has 0 aromatic heterocycles. The number of benzene rings is 1. The van der Waals surface area contributed by atoms with E-state index in [2.05, 4.69) is 12.2 Å². The van der Waals surface area contributed by atoms with Crippen molar-refractivity contribution >= 4 is 11.8 Å². The molecule has 1 rings (SSSR count). The number of hydrogen-bond donors (Lipinski definition) is 2. The van der Waals surface area contributed by atoms with Gasteiger partial charge in [0.15, 0.2) is 0 Å². The third-order valence-electron chi connectivity index (χ3n) is 2.77. The topological polar surface area (TPSA) is 41.5 Å². The second kappa shape index (κ2) is 7.67. The van der Waals surface area contributed by atoms with Gasteiger partial charge in [-0.25, -0.2) is 0 Å². The number of aliphatic hydroxyl groups is 1. The lowest BCUT2D eigenvalue weighted by Gasteiger charge is -2.28. The molecule has 1 aromatic rings. The minimum absolute atomic E-state index is 0.134. The summed E-state index contributed by atoms with van der Waals surface area (Å²) in [7, 11) is 1.68. The van der Waals surface area contributed by atoms with E-state index in [9.17, 15) is 5.11 Å². The molecule has 0 aliphatic carbocycles. The minimum Gasteiger partial charge on any atom is -0.496 e. The number of hydrogen-bond acceptors (Lipinski definition) is 4. The number of ether oxygens (including phenoxy) is 1. The predicted octanol–water partition coefficient (Wildman–Crippen LogP) is 2.54. The smallest absolute Gasteiger partial charge is 0.132 e. The molecule has 0 spiro atoms. The van der Waals surface area contributed by atoms with Crippen LogP contribution in [0.4, 0.5) is 0 Å². The third kappa shape index (κ3) is 4.52. The number of rotatable bonds is 8. The van der Waals surface area contributed by atoms with Crippen molar-refractivity contribution in [2.75, 3.05) is 26.0 Å². The van der Waals surface area contributed by atoms with Crippen LogP contribution in [0.3, 0.4) is 0 Å². The highest BCUT2D eigenvalue weighted by Gasteiger charge is 2.22. The van der Waals surface area contributed by atoms with Crippen molar-refractivity contribution in [3.05, 3.63) is 24.3 Å². The zero-order chi connectivity index (χ0) is 13.4. The van der Waals surface area contributed by atoms with E-state index in [0.717, 1.165) is 29.4 Å². The molecule has 3 nitrogen and oxygen atoms in total. The summed E-state index contributed by atoms with van der Waals surface area (Å²) in [5, 5.41) is 12.9. The van der Waals surface area contributed by atoms with Crippen LogP contribution < -0.4 is 10.1 Å². The van der Waals surface area contributed by atoms with Crippen molar-refractivity contribution in [1.29, 1.82) is 0 Å². The van der Waals surface area contributed by atoms with Crippen molar-refractivity contribution in [3.63, 3.8) is 0 Å². The second-order valence-corrected chi connectivity index (χ2v) is 5.60. The Kier molecular flexibility index (Phi) is 6.54. The minimum atomic E-state index is -0.248. The van der Waals surface area contributed by atoms with Gasteiger partial charge in [-0.2, -0.15) is 0 Å². The lowest BCUT2D eigenvalue weighted by Crippen LogP contribution is -2.48. The van der Waals surface area contributed by atoms with Gasteiger partial charge in [0, 0.05) is 16.2 Å². The first-order chi connectivity index (χ1) is 8.65. The summed E-state index contributed by atoms with van der Waals surface area (Å²) < 4.78 is 5.32. The fourth-order valence-corrected chi connectivity index (χ4v) is 2.69. The van der Waals surface area contributed by atoms with E-state index in [1.54, 1.807) is 18.9 Å². The predicted molar refractivity (Wildman–Crippen MR) is 77.5 cm³/mol. The normalized spacial score (nSPS) is 14.2. The van der Waals surface area contributed by atoms with E-state index in [4.69, 9.17) is 4.74 Å². The molecule has 18 heavy (non-hydrogen) atoms. The van der Waals surface area contributed by atoms with Gasteiger partial charge >= 0.3 is 0 Å². The Morgan fingerprint density at radius 3 is 2.72 bits per heavy atom. The first-order valence-electron chi connectivity index (χ1n) is 6.27. The molecule has 0 radical (unpaired) electrons. The van der Waals surface area contributed by atoms with Gasteiger partial charge in [-0.1, -0.05) is 19.1 Å². The molecule has 1 unspecified atom stereocenters. The van der Waals surface area contributed by atoms with E-state index in [1.807, 2.05) is 31.2 Å². The second-order valence-electron chi connectivity index (χ2n) is 4.59. The van der Waals surface area contributed by atoms with Crippen LogP contribution in [0.15, 0.2) is 29.2 Å². The van der Waals surface area contributed by atoms with Gasteiger partial charge in [-0.05, 0) is 32.0 Å². The summed E-state index contributed by atoms with van der Waals surface area (Å²) in [5.41, 5.74) is -0.248. The largest absolute Gasteiger partial charge is 0.496 e. The van der Waals surface area contributed by atoms with E-state index < -0.39 is 0 Å². The van der Waals surface area contributed by atoms with Gasteiger partial charge in [-0.15, -0.1) is 11.8 Å². The third-order valence-corrected chi connectivity index (χ3v) is 4.20. The van der Waals surface area contributed by atoms with E-state index >= 15 is 0 Å². The zero-order valence-corrected chi connectivity index (χ0v) is 12.2. The van der Waals surface area contributed by atoms with Crippen LogP contribution in [0.1, 0.15) is 20.3 Å². The molecule has 0 saturated carbocycles. The summed E-state index contributed by atoms with van der Waals surface area (Å²) in [5.74, 6) is 1.70. The molecule has 1 atom stereocenters. The van der Waals surface area contributed by atoms with E-state index in [-0.39, 0.29) is 12.1 Å². The maximum absolute atomic E-state index is 9.51. The molecular formula is C14H23NO2S. The number of aliphatic hydroxyl groups excluding tert-OH is 1. The number of thioether (sulfide) groups is 1. The van der Waals surface area contributed by atoms with E-state index in [1.165, 1.54) is 0 Å². The highest BCUT2D eigenvalue weighted by Crippen LogP contribution is 2.30. The van der Waals surface area contributed by atoms with Crippen LogP contribution in [-0.4, -0.2) is 36.7 Å². The molecule has 0 aliphatic heterocycles. The van der Waals surface area contributed by atoms with Gasteiger partial charge in [0.25, 0.3) is 0 Å². The maximum Gasteiger partial charge on any atom is 0.132 e. The fourth-order valence-electron chi connectivity index (χ4n) is 1.55. The molecular weight excluding hydrogens is 246 g/mol. The van der Waals surface area contributed by atoms with E-state index in [0.29, 0.717) is 0 Å². The van der Waals surface area contributed by atoms with Crippen molar-refractivity contribution in [2.45, 2.75) is 30.7 Å². The summed E-state index contributed by atoms with van der Waals surface area (Å²) in [4.78, 5) is 1.11. The molecule has 1 aromatic carbocycles. The molecule has 102 valence electrons. The Morgan fingerprint density at radius 2 is 2.11 bits per heavy atom. The number of para-hydroxylation sites is 1. The Bertz CT molecular complexity index is 359. The molecule has 0 amide bonds. The quantitative estimate of drug-likeness (QED) is 0.712. The lowest BCUT2D eigenvalue weighted by atomic mass is 10.1. The van der Waals surface area contributed by atoms with Crippen LogP contribution in [0, 0.1) is 0 Å². The summed E-state index contributed by atoms with van der Waals surface area (Å²) in [6.45, 7) is 5.22. The highest BCUT2D eigenvalue weighted by atomic mass is 32.2. The standard InChI is InChI=1S/C14H23NO2S/c1-4-9-15-14(2,10-16)11-18-13-8-6-5-7-12(13)17-3/h5-8,15-16H,4,9-11H2,1-3H3. The molecule has 0 bridgehead atoms. The molecule has 0 heterocycles.